The summed E-state index contributed by atoms with van der Waals surface area (Å²) in [6, 6.07) is 1.40. The molecule has 0 atom stereocenters. The highest BCUT2D eigenvalue weighted by Gasteiger charge is 2.06. The molecule has 0 aliphatic carbocycles. The van der Waals surface area contributed by atoms with Crippen molar-refractivity contribution in [1.82, 2.24) is 9.55 Å². The maximum Gasteiger partial charge on any atom is 0.313 e. The average molecular weight is 288 g/mol. The van der Waals surface area contributed by atoms with Crippen LogP contribution in [-0.2, 0) is 11.3 Å². The molecule has 1 aromatic heterocycles. The fourth-order valence-corrected chi connectivity index (χ4v) is 2.65. The molecule has 0 saturated carbocycles. The molecule has 0 radical (unpaired) electrons. The van der Waals surface area contributed by atoms with Gasteiger partial charge in [-0.05, 0) is 17.9 Å². The lowest BCUT2D eigenvalue weighted by Gasteiger charge is -2.10. The summed E-state index contributed by atoms with van der Waals surface area (Å²) in [6.45, 7) is 2.86. The Morgan fingerprint density at radius 3 is 3.00 bits per heavy atom. The van der Waals surface area contributed by atoms with Gasteiger partial charge in [0.2, 0.25) is 0 Å². The summed E-state index contributed by atoms with van der Waals surface area (Å²) < 4.78 is 1.84. The van der Waals surface area contributed by atoms with Crippen molar-refractivity contribution in [2.45, 2.75) is 25.0 Å². The Morgan fingerprint density at radius 2 is 2.33 bits per heavy atom. The van der Waals surface area contributed by atoms with Gasteiger partial charge in [0, 0.05) is 18.8 Å². The zero-order valence-corrected chi connectivity index (χ0v) is 11.8. The number of aliphatic carboxylic acids is 1. The SMILES string of the molecule is CCSCCCn1ccc(=O)nc1SCC(=O)O. The van der Waals surface area contributed by atoms with Gasteiger partial charge >= 0.3 is 5.97 Å². The number of thioether (sulfide) groups is 2. The van der Waals surface area contributed by atoms with Gasteiger partial charge in [0.1, 0.15) is 0 Å². The Morgan fingerprint density at radius 1 is 1.56 bits per heavy atom. The topological polar surface area (TPSA) is 72.2 Å². The zero-order chi connectivity index (χ0) is 13.4. The van der Waals surface area contributed by atoms with Crippen LogP contribution in [0.5, 0.6) is 0 Å². The van der Waals surface area contributed by atoms with E-state index in [4.69, 9.17) is 5.11 Å². The molecule has 1 N–H and O–H groups in total. The van der Waals surface area contributed by atoms with Crippen LogP contribution in [0.1, 0.15) is 13.3 Å². The summed E-state index contributed by atoms with van der Waals surface area (Å²) in [6.07, 6.45) is 2.65. The number of hydrogen-bond donors (Lipinski definition) is 1. The summed E-state index contributed by atoms with van der Waals surface area (Å²) in [7, 11) is 0. The number of hydrogen-bond acceptors (Lipinski definition) is 5. The molecule has 1 aromatic rings. The average Bonchev–Trinajstić information content (AvgIpc) is 2.34. The molecule has 5 nitrogen and oxygen atoms in total. The van der Waals surface area contributed by atoms with Crippen LogP contribution in [0.15, 0.2) is 22.2 Å². The fraction of sp³-hybridized carbons (Fsp3) is 0.545. The summed E-state index contributed by atoms with van der Waals surface area (Å²) in [5.41, 5.74) is -0.331. The van der Waals surface area contributed by atoms with Crippen molar-refractivity contribution in [2.75, 3.05) is 17.3 Å². The molecule has 0 unspecified atom stereocenters. The van der Waals surface area contributed by atoms with E-state index in [9.17, 15) is 9.59 Å². The molecular weight excluding hydrogens is 272 g/mol. The molecule has 0 amide bonds. The third kappa shape index (κ3) is 5.59. The van der Waals surface area contributed by atoms with Gasteiger partial charge in [-0.25, -0.2) is 0 Å². The van der Waals surface area contributed by atoms with E-state index in [1.165, 1.54) is 6.07 Å². The quantitative estimate of drug-likeness (QED) is 0.445. The van der Waals surface area contributed by atoms with Crippen LogP contribution in [0.3, 0.4) is 0 Å². The summed E-state index contributed by atoms with van der Waals surface area (Å²) in [4.78, 5) is 25.5. The lowest BCUT2D eigenvalue weighted by Crippen LogP contribution is -2.14. The van der Waals surface area contributed by atoms with Crippen LogP contribution < -0.4 is 5.56 Å². The minimum atomic E-state index is -0.911. The zero-order valence-electron chi connectivity index (χ0n) is 10.2. The second-order valence-corrected chi connectivity index (χ2v) is 5.81. The molecule has 0 aliphatic heterocycles. The normalized spacial score (nSPS) is 10.5. The van der Waals surface area contributed by atoms with Crippen LogP contribution >= 0.6 is 23.5 Å². The highest BCUT2D eigenvalue weighted by Crippen LogP contribution is 2.14. The molecule has 0 aliphatic rings. The van der Waals surface area contributed by atoms with Crippen molar-refractivity contribution in [1.29, 1.82) is 0 Å². The minimum absolute atomic E-state index is 0.0832. The van der Waals surface area contributed by atoms with E-state index in [0.717, 1.165) is 36.2 Å². The highest BCUT2D eigenvalue weighted by atomic mass is 32.2. The highest BCUT2D eigenvalue weighted by molar-refractivity contribution is 7.99. The molecule has 7 heteroatoms. The standard InChI is InChI=1S/C11H16N2O3S2/c1-2-17-7-3-5-13-6-4-9(14)12-11(13)18-8-10(15)16/h4,6H,2-3,5,7-8H2,1H3,(H,15,16). The van der Waals surface area contributed by atoms with Gasteiger partial charge in [-0.1, -0.05) is 18.7 Å². The largest absolute Gasteiger partial charge is 0.481 e. The molecular formula is C11H16N2O3S2. The molecule has 0 bridgehead atoms. The first kappa shape index (κ1) is 15.1. The Kier molecular flexibility index (Phi) is 6.89. The number of rotatable bonds is 8. The van der Waals surface area contributed by atoms with Gasteiger partial charge in [-0.15, -0.1) is 0 Å². The van der Waals surface area contributed by atoms with E-state index in [1.807, 2.05) is 16.3 Å². The van der Waals surface area contributed by atoms with Crippen molar-refractivity contribution < 1.29 is 9.90 Å². The maximum atomic E-state index is 11.2. The first-order valence-corrected chi connectivity index (χ1v) is 7.77. The maximum absolute atomic E-state index is 11.2. The molecule has 18 heavy (non-hydrogen) atoms. The van der Waals surface area contributed by atoms with E-state index >= 15 is 0 Å². The Balaban J connectivity index is 2.64. The second kappa shape index (κ2) is 8.20. The molecule has 0 aromatic carbocycles. The Hall–Kier alpha value is -0.950. The van der Waals surface area contributed by atoms with E-state index in [0.29, 0.717) is 5.16 Å². The van der Waals surface area contributed by atoms with Gasteiger partial charge in [0.15, 0.2) is 5.16 Å². The predicted octanol–water partition coefficient (Wildman–Crippen LogP) is 1.56. The number of carboxylic acid groups (broad SMARTS) is 1. The number of aromatic nitrogens is 2. The van der Waals surface area contributed by atoms with Crippen molar-refractivity contribution in [2.24, 2.45) is 0 Å². The lowest BCUT2D eigenvalue weighted by atomic mass is 10.4. The molecule has 0 fully saturated rings. The van der Waals surface area contributed by atoms with Crippen LogP contribution in [0.2, 0.25) is 0 Å². The molecule has 1 rings (SSSR count). The van der Waals surface area contributed by atoms with E-state index in [-0.39, 0.29) is 11.3 Å². The number of carboxylic acids is 1. The monoisotopic (exact) mass is 288 g/mol. The summed E-state index contributed by atoms with van der Waals surface area (Å²) in [5.74, 6) is 1.14. The van der Waals surface area contributed by atoms with Crippen molar-refractivity contribution in [3.63, 3.8) is 0 Å². The van der Waals surface area contributed by atoms with Crippen LogP contribution in [0, 0.1) is 0 Å². The second-order valence-electron chi connectivity index (χ2n) is 3.47. The van der Waals surface area contributed by atoms with E-state index in [1.54, 1.807) is 6.20 Å². The Bertz CT molecular complexity index is 448. The third-order valence-electron chi connectivity index (χ3n) is 2.07. The van der Waals surface area contributed by atoms with Gasteiger partial charge < -0.3 is 9.67 Å². The van der Waals surface area contributed by atoms with Gasteiger partial charge in [-0.3, -0.25) is 9.59 Å². The fourth-order valence-electron chi connectivity index (χ4n) is 1.31. The predicted molar refractivity (Wildman–Crippen MR) is 74.5 cm³/mol. The number of nitrogens with zero attached hydrogens (tertiary/aromatic N) is 2. The molecule has 100 valence electrons. The van der Waals surface area contributed by atoms with Crippen LogP contribution in [0.4, 0.5) is 0 Å². The van der Waals surface area contributed by atoms with Crippen molar-refractivity contribution >= 4 is 29.5 Å². The van der Waals surface area contributed by atoms with Gasteiger partial charge in [0.25, 0.3) is 5.56 Å². The molecule has 0 spiro atoms. The number of carbonyl (C=O) groups is 1. The first-order chi connectivity index (χ1) is 8.63. The van der Waals surface area contributed by atoms with Crippen LogP contribution in [-0.4, -0.2) is 37.9 Å². The summed E-state index contributed by atoms with van der Waals surface area (Å²) in [5, 5.41) is 9.12. The summed E-state index contributed by atoms with van der Waals surface area (Å²) >= 11 is 2.94. The Labute approximate surface area is 114 Å². The van der Waals surface area contributed by atoms with Crippen molar-refractivity contribution in [3.05, 3.63) is 22.6 Å². The third-order valence-corrected chi connectivity index (χ3v) is 4.03. The van der Waals surface area contributed by atoms with Gasteiger partial charge in [-0.2, -0.15) is 16.7 Å². The van der Waals surface area contributed by atoms with Gasteiger partial charge in [0.05, 0.1) is 5.75 Å². The minimum Gasteiger partial charge on any atom is -0.481 e. The van der Waals surface area contributed by atoms with Crippen molar-refractivity contribution in [3.8, 4) is 0 Å². The van der Waals surface area contributed by atoms with E-state index < -0.39 is 5.97 Å². The molecule has 0 saturated heterocycles. The van der Waals surface area contributed by atoms with E-state index in [2.05, 4.69) is 11.9 Å². The first-order valence-electron chi connectivity index (χ1n) is 5.63. The lowest BCUT2D eigenvalue weighted by molar-refractivity contribution is -0.133. The smallest absolute Gasteiger partial charge is 0.313 e. The molecule has 1 heterocycles. The number of aryl methyl sites for hydroxylation is 1. The van der Waals surface area contributed by atoms with Crippen LogP contribution in [0.25, 0.3) is 0 Å².